The summed E-state index contributed by atoms with van der Waals surface area (Å²) < 4.78 is 13.0. The molecule has 2 aromatic rings. The number of hydrogen-bond acceptors (Lipinski definition) is 5. The lowest BCUT2D eigenvalue weighted by atomic mass is 10.2. The molecule has 0 saturated carbocycles. The highest BCUT2D eigenvalue weighted by atomic mass is 127. The second-order valence-electron chi connectivity index (χ2n) is 6.79. The topological polar surface area (TPSA) is 85.6 Å². The molecule has 0 bridgehead atoms. The zero-order valence-corrected chi connectivity index (χ0v) is 20.3. The molecular formula is C20H33IN6O2. The van der Waals surface area contributed by atoms with Crippen LogP contribution in [0.5, 0.6) is 5.75 Å². The van der Waals surface area contributed by atoms with E-state index in [0.29, 0.717) is 19.7 Å². The maximum absolute atomic E-state index is 5.98. The van der Waals surface area contributed by atoms with Crippen molar-refractivity contribution in [3.63, 3.8) is 0 Å². The molecule has 0 spiro atoms. The van der Waals surface area contributed by atoms with E-state index in [9.17, 15) is 0 Å². The predicted octanol–water partition coefficient (Wildman–Crippen LogP) is 2.59. The Bertz CT molecular complexity index is 765. The van der Waals surface area contributed by atoms with E-state index in [2.05, 4.69) is 38.8 Å². The van der Waals surface area contributed by atoms with Crippen LogP contribution in [-0.4, -0.2) is 53.6 Å². The van der Waals surface area contributed by atoms with Crippen LogP contribution in [0.4, 0.5) is 0 Å². The molecule has 1 atom stereocenters. The first-order valence-electron chi connectivity index (χ1n) is 9.59. The minimum absolute atomic E-state index is 0. The number of hydrogen-bond donors (Lipinski definition) is 2. The molecule has 29 heavy (non-hydrogen) atoms. The lowest BCUT2D eigenvalue weighted by Gasteiger charge is -2.18. The van der Waals surface area contributed by atoms with Gasteiger partial charge in [-0.25, -0.2) is 4.99 Å². The molecule has 2 rings (SSSR count). The third kappa shape index (κ3) is 8.99. The molecule has 0 aliphatic rings. The van der Waals surface area contributed by atoms with Gasteiger partial charge in [0.05, 0.1) is 6.54 Å². The van der Waals surface area contributed by atoms with Crippen molar-refractivity contribution in [2.45, 2.75) is 39.8 Å². The quantitative estimate of drug-likeness (QED) is 0.219. The van der Waals surface area contributed by atoms with Crippen molar-refractivity contribution in [2.75, 3.05) is 26.8 Å². The highest BCUT2D eigenvalue weighted by Crippen LogP contribution is 2.13. The molecule has 1 aromatic carbocycles. The first-order chi connectivity index (χ1) is 13.5. The highest BCUT2D eigenvalue weighted by Gasteiger charge is 2.08. The van der Waals surface area contributed by atoms with Crippen LogP contribution < -0.4 is 15.4 Å². The number of aliphatic imine (C=N–C) groups is 1. The van der Waals surface area contributed by atoms with E-state index in [0.717, 1.165) is 36.3 Å². The summed E-state index contributed by atoms with van der Waals surface area (Å²) >= 11 is 0. The molecule has 0 aliphatic carbocycles. The Morgan fingerprint density at radius 1 is 1.24 bits per heavy atom. The van der Waals surface area contributed by atoms with Gasteiger partial charge in [-0.05, 0) is 44.9 Å². The van der Waals surface area contributed by atoms with E-state index in [1.54, 1.807) is 7.11 Å². The van der Waals surface area contributed by atoms with Gasteiger partial charge in [-0.3, -0.25) is 0 Å². The molecule has 1 unspecified atom stereocenters. The molecular weight excluding hydrogens is 483 g/mol. The van der Waals surface area contributed by atoms with Crippen LogP contribution in [0.2, 0.25) is 0 Å². The first-order valence-corrected chi connectivity index (χ1v) is 9.59. The number of guanidine groups is 1. The number of rotatable bonds is 10. The molecule has 0 saturated heterocycles. The van der Waals surface area contributed by atoms with E-state index < -0.39 is 0 Å². The number of nitrogens with one attached hydrogen (secondary N) is 2. The minimum atomic E-state index is -0.00940. The molecule has 8 nitrogen and oxygen atoms in total. The Morgan fingerprint density at radius 3 is 2.69 bits per heavy atom. The standard InChI is InChI=1S/C20H32N6O2.HI/c1-15-8-6-9-18(12-15)28-16(2)13-22-20(21-10-7-11-27-5)23-14-19-25-24-17(3)26(19)4;/h6,8-9,12,16H,7,10-11,13-14H2,1-5H3,(H2,21,22,23);1H. The van der Waals surface area contributed by atoms with Crippen LogP contribution in [0.15, 0.2) is 29.3 Å². The summed E-state index contributed by atoms with van der Waals surface area (Å²) in [4.78, 5) is 4.63. The van der Waals surface area contributed by atoms with Crippen LogP contribution >= 0.6 is 24.0 Å². The molecule has 1 heterocycles. The average molecular weight is 516 g/mol. The molecule has 0 amide bonds. The Labute approximate surface area is 190 Å². The third-order valence-corrected chi connectivity index (χ3v) is 4.26. The van der Waals surface area contributed by atoms with Crippen LogP contribution in [-0.2, 0) is 18.3 Å². The molecule has 1 aromatic heterocycles. The molecule has 9 heteroatoms. The molecule has 2 N–H and O–H groups in total. The van der Waals surface area contributed by atoms with E-state index >= 15 is 0 Å². The van der Waals surface area contributed by atoms with E-state index in [1.807, 2.05) is 43.7 Å². The third-order valence-electron chi connectivity index (χ3n) is 4.26. The van der Waals surface area contributed by atoms with Crippen LogP contribution in [0.25, 0.3) is 0 Å². The number of aromatic nitrogens is 3. The van der Waals surface area contributed by atoms with Gasteiger partial charge in [0, 0.05) is 27.3 Å². The van der Waals surface area contributed by atoms with Crippen molar-refractivity contribution < 1.29 is 9.47 Å². The molecule has 0 aliphatic heterocycles. The summed E-state index contributed by atoms with van der Waals surface area (Å²) in [6.45, 7) is 8.56. The smallest absolute Gasteiger partial charge is 0.191 e. The van der Waals surface area contributed by atoms with Crippen molar-refractivity contribution in [1.82, 2.24) is 25.4 Å². The van der Waals surface area contributed by atoms with Crippen LogP contribution in [0.3, 0.4) is 0 Å². The van der Waals surface area contributed by atoms with Gasteiger partial charge in [0.2, 0.25) is 0 Å². The maximum atomic E-state index is 5.98. The predicted molar refractivity (Wildman–Crippen MR) is 126 cm³/mol. The van der Waals surface area contributed by atoms with Gasteiger partial charge in [0.25, 0.3) is 0 Å². The van der Waals surface area contributed by atoms with Gasteiger partial charge in [0.1, 0.15) is 24.2 Å². The summed E-state index contributed by atoms with van der Waals surface area (Å²) in [5.41, 5.74) is 1.18. The van der Waals surface area contributed by atoms with Crippen molar-refractivity contribution in [3.8, 4) is 5.75 Å². The van der Waals surface area contributed by atoms with Gasteiger partial charge < -0.3 is 24.7 Å². The number of halogens is 1. The summed E-state index contributed by atoms with van der Waals surface area (Å²) in [6, 6.07) is 8.05. The summed E-state index contributed by atoms with van der Waals surface area (Å²) in [7, 11) is 3.64. The van der Waals surface area contributed by atoms with Gasteiger partial charge in [0.15, 0.2) is 11.8 Å². The number of benzene rings is 1. The number of aryl methyl sites for hydroxylation is 2. The first kappa shape index (κ1) is 25.2. The second-order valence-corrected chi connectivity index (χ2v) is 6.79. The fraction of sp³-hybridized carbons (Fsp3) is 0.550. The SMILES string of the molecule is COCCCNC(=NCc1nnc(C)n1C)NCC(C)Oc1cccc(C)c1.I. The average Bonchev–Trinajstić information content (AvgIpc) is 2.98. The number of ether oxygens (including phenoxy) is 2. The van der Waals surface area contributed by atoms with E-state index in [4.69, 9.17) is 9.47 Å². The van der Waals surface area contributed by atoms with Crippen molar-refractivity contribution in [1.29, 1.82) is 0 Å². The van der Waals surface area contributed by atoms with Crippen molar-refractivity contribution in [3.05, 3.63) is 41.5 Å². The van der Waals surface area contributed by atoms with E-state index in [-0.39, 0.29) is 30.1 Å². The zero-order valence-electron chi connectivity index (χ0n) is 17.9. The van der Waals surface area contributed by atoms with Crippen LogP contribution in [0.1, 0.15) is 30.6 Å². The summed E-state index contributed by atoms with van der Waals surface area (Å²) in [5, 5.41) is 14.9. The van der Waals surface area contributed by atoms with E-state index in [1.165, 1.54) is 5.56 Å². The Kier molecular flexibility index (Phi) is 11.6. The largest absolute Gasteiger partial charge is 0.489 e. The fourth-order valence-electron chi connectivity index (χ4n) is 2.54. The summed E-state index contributed by atoms with van der Waals surface area (Å²) in [6.07, 6.45) is 0.889. The number of methoxy groups -OCH3 is 1. The van der Waals surface area contributed by atoms with Gasteiger partial charge >= 0.3 is 0 Å². The second kappa shape index (κ2) is 13.4. The van der Waals surface area contributed by atoms with Crippen molar-refractivity contribution in [2.24, 2.45) is 12.0 Å². The molecule has 0 radical (unpaired) electrons. The monoisotopic (exact) mass is 516 g/mol. The zero-order chi connectivity index (χ0) is 20.4. The minimum Gasteiger partial charge on any atom is -0.489 e. The fourth-order valence-corrected chi connectivity index (χ4v) is 2.54. The summed E-state index contributed by atoms with van der Waals surface area (Å²) in [5.74, 6) is 3.28. The Balaban J connectivity index is 0.00000420. The lowest BCUT2D eigenvalue weighted by Crippen LogP contribution is -2.42. The van der Waals surface area contributed by atoms with Gasteiger partial charge in [-0.2, -0.15) is 0 Å². The Morgan fingerprint density at radius 2 is 2.03 bits per heavy atom. The van der Waals surface area contributed by atoms with Gasteiger partial charge in [-0.15, -0.1) is 34.2 Å². The van der Waals surface area contributed by atoms with Gasteiger partial charge in [-0.1, -0.05) is 12.1 Å². The van der Waals surface area contributed by atoms with Crippen molar-refractivity contribution >= 4 is 29.9 Å². The molecule has 0 fully saturated rings. The highest BCUT2D eigenvalue weighted by molar-refractivity contribution is 14.0. The lowest BCUT2D eigenvalue weighted by molar-refractivity contribution is 0.195. The Hall–Kier alpha value is -1.88. The molecule has 162 valence electrons. The van der Waals surface area contributed by atoms with Crippen LogP contribution in [0, 0.1) is 13.8 Å². The normalized spacial score (nSPS) is 12.2. The maximum Gasteiger partial charge on any atom is 0.191 e. The number of nitrogens with zero attached hydrogens (tertiary/aromatic N) is 4.